The lowest BCUT2D eigenvalue weighted by Gasteiger charge is -2.29. The van der Waals surface area contributed by atoms with Crippen molar-refractivity contribution in [1.29, 1.82) is 0 Å². The van der Waals surface area contributed by atoms with Crippen molar-refractivity contribution in [2.24, 2.45) is 0 Å². The predicted octanol–water partition coefficient (Wildman–Crippen LogP) is 2.68. The van der Waals surface area contributed by atoms with Gasteiger partial charge in [-0.15, -0.1) is 0 Å². The highest BCUT2D eigenvalue weighted by Crippen LogP contribution is 2.29. The summed E-state index contributed by atoms with van der Waals surface area (Å²) in [6.07, 6.45) is 0. The van der Waals surface area contributed by atoms with Gasteiger partial charge >= 0.3 is 0 Å². The van der Waals surface area contributed by atoms with Crippen molar-refractivity contribution in [3.05, 3.63) is 53.1 Å². The fourth-order valence-corrected chi connectivity index (χ4v) is 4.04. The number of anilines is 2. The van der Waals surface area contributed by atoms with Gasteiger partial charge in [-0.25, -0.2) is 12.7 Å². The first-order valence-corrected chi connectivity index (χ1v) is 10.6. The van der Waals surface area contributed by atoms with Crippen molar-refractivity contribution < 1.29 is 17.9 Å². The lowest BCUT2D eigenvalue weighted by molar-refractivity contribution is 0.102. The molecule has 3 rings (SSSR count). The Morgan fingerprint density at radius 1 is 1.11 bits per heavy atom. The summed E-state index contributed by atoms with van der Waals surface area (Å²) in [7, 11) is -0.612. The van der Waals surface area contributed by atoms with Gasteiger partial charge in [0.05, 0.1) is 28.8 Å². The molecule has 0 aliphatic carbocycles. The molecule has 0 saturated carbocycles. The molecular weight excluding hydrogens is 402 g/mol. The van der Waals surface area contributed by atoms with Gasteiger partial charge in [-0.1, -0.05) is 11.6 Å². The molecule has 1 N–H and O–H groups in total. The summed E-state index contributed by atoms with van der Waals surface area (Å²) in [6, 6.07) is 11.2. The number of amides is 1. The molecule has 1 aliphatic heterocycles. The van der Waals surface area contributed by atoms with E-state index in [0.29, 0.717) is 29.5 Å². The SMILES string of the molecule is CN(C)S(=O)(=O)c1ccc(C(=O)Nc2ccc(N3CCOCC3)c(Cl)c2)cc1. The van der Waals surface area contributed by atoms with Gasteiger partial charge in [-0.05, 0) is 42.5 Å². The number of nitrogens with zero attached hydrogens (tertiary/aromatic N) is 2. The van der Waals surface area contributed by atoms with Crippen molar-refractivity contribution in [3.63, 3.8) is 0 Å². The van der Waals surface area contributed by atoms with Crippen LogP contribution in [0.5, 0.6) is 0 Å². The molecule has 150 valence electrons. The Morgan fingerprint density at radius 2 is 1.75 bits per heavy atom. The van der Waals surface area contributed by atoms with Crippen LogP contribution in [0, 0.1) is 0 Å². The molecule has 28 heavy (non-hydrogen) atoms. The Morgan fingerprint density at radius 3 is 2.32 bits per heavy atom. The van der Waals surface area contributed by atoms with E-state index < -0.39 is 10.0 Å². The maximum absolute atomic E-state index is 12.5. The molecule has 0 aromatic heterocycles. The highest BCUT2D eigenvalue weighted by molar-refractivity contribution is 7.89. The van der Waals surface area contributed by atoms with Gasteiger partial charge in [0.2, 0.25) is 10.0 Å². The van der Waals surface area contributed by atoms with Gasteiger partial charge in [-0.2, -0.15) is 0 Å². The van der Waals surface area contributed by atoms with Gasteiger partial charge in [0.1, 0.15) is 0 Å². The van der Waals surface area contributed by atoms with E-state index >= 15 is 0 Å². The third-order valence-corrected chi connectivity index (χ3v) is 6.58. The van der Waals surface area contributed by atoms with Gasteiger partial charge in [0, 0.05) is 38.4 Å². The number of carbonyl (C=O) groups is 1. The van der Waals surface area contributed by atoms with Crippen LogP contribution in [0.15, 0.2) is 47.4 Å². The summed E-state index contributed by atoms with van der Waals surface area (Å²) in [5.41, 5.74) is 1.82. The lowest BCUT2D eigenvalue weighted by Crippen LogP contribution is -2.36. The number of halogens is 1. The Bertz CT molecular complexity index is 956. The van der Waals surface area contributed by atoms with Crippen LogP contribution in [-0.4, -0.2) is 59.0 Å². The third-order valence-electron chi connectivity index (χ3n) is 4.45. The van der Waals surface area contributed by atoms with Crippen LogP contribution in [0.1, 0.15) is 10.4 Å². The molecule has 0 bridgehead atoms. The van der Waals surface area contributed by atoms with Crippen LogP contribution in [0.4, 0.5) is 11.4 Å². The van der Waals surface area contributed by atoms with Crippen LogP contribution in [0.2, 0.25) is 5.02 Å². The highest BCUT2D eigenvalue weighted by atomic mass is 35.5. The van der Waals surface area contributed by atoms with Crippen LogP contribution in [-0.2, 0) is 14.8 Å². The van der Waals surface area contributed by atoms with Crippen LogP contribution in [0.25, 0.3) is 0 Å². The van der Waals surface area contributed by atoms with Crippen LogP contribution in [0.3, 0.4) is 0 Å². The number of ether oxygens (including phenoxy) is 1. The standard InChI is InChI=1S/C19H22ClN3O4S/c1-22(2)28(25,26)16-6-3-14(4-7-16)19(24)21-15-5-8-18(17(20)13-15)23-9-11-27-12-10-23/h3-8,13H,9-12H2,1-2H3,(H,21,24). The fraction of sp³-hybridized carbons (Fsp3) is 0.316. The summed E-state index contributed by atoms with van der Waals surface area (Å²) in [5, 5.41) is 3.33. The summed E-state index contributed by atoms with van der Waals surface area (Å²) in [6.45, 7) is 2.87. The normalized spacial score (nSPS) is 14.9. The van der Waals surface area contributed by atoms with E-state index in [1.54, 1.807) is 12.1 Å². The molecule has 1 aliphatic rings. The van der Waals surface area contributed by atoms with Crippen molar-refractivity contribution >= 4 is 38.9 Å². The summed E-state index contributed by atoms with van der Waals surface area (Å²) < 4.78 is 30.7. The van der Waals surface area contributed by atoms with E-state index in [1.165, 1.54) is 38.4 Å². The molecule has 0 unspecified atom stereocenters. The topological polar surface area (TPSA) is 79.0 Å². The summed E-state index contributed by atoms with van der Waals surface area (Å²) >= 11 is 6.39. The van der Waals surface area contributed by atoms with Gasteiger partial charge in [0.15, 0.2) is 0 Å². The second kappa shape index (κ2) is 8.48. The second-order valence-electron chi connectivity index (χ2n) is 6.53. The quantitative estimate of drug-likeness (QED) is 0.799. The molecule has 1 amide bonds. The average Bonchev–Trinajstić information content (AvgIpc) is 2.68. The molecule has 2 aromatic rings. The number of rotatable bonds is 5. The number of benzene rings is 2. The molecular formula is C19H22ClN3O4S. The van der Waals surface area contributed by atoms with Gasteiger partial charge in [-0.3, -0.25) is 4.79 Å². The molecule has 7 nitrogen and oxygen atoms in total. The minimum Gasteiger partial charge on any atom is -0.378 e. The van der Waals surface area contributed by atoms with Crippen molar-refractivity contribution in [1.82, 2.24) is 4.31 Å². The Balaban J connectivity index is 1.71. The number of carbonyl (C=O) groups excluding carboxylic acids is 1. The largest absolute Gasteiger partial charge is 0.378 e. The second-order valence-corrected chi connectivity index (χ2v) is 9.09. The third kappa shape index (κ3) is 4.47. The minimum atomic E-state index is -3.53. The zero-order valence-corrected chi connectivity index (χ0v) is 17.3. The molecule has 1 heterocycles. The van der Waals surface area contributed by atoms with E-state index in [9.17, 15) is 13.2 Å². The summed E-state index contributed by atoms with van der Waals surface area (Å²) in [4.78, 5) is 14.7. The summed E-state index contributed by atoms with van der Waals surface area (Å²) in [5.74, 6) is -0.344. The fourth-order valence-electron chi connectivity index (χ4n) is 2.84. The monoisotopic (exact) mass is 423 g/mol. The lowest BCUT2D eigenvalue weighted by atomic mass is 10.2. The Kier molecular flexibility index (Phi) is 6.24. The molecule has 0 radical (unpaired) electrons. The van der Waals surface area contributed by atoms with Crippen molar-refractivity contribution in [2.45, 2.75) is 4.90 Å². The number of hydrogen-bond donors (Lipinski definition) is 1. The predicted molar refractivity (Wildman–Crippen MR) is 110 cm³/mol. The zero-order chi connectivity index (χ0) is 20.3. The first-order valence-electron chi connectivity index (χ1n) is 8.75. The molecule has 0 atom stereocenters. The molecule has 9 heteroatoms. The smallest absolute Gasteiger partial charge is 0.255 e. The van der Waals surface area contributed by atoms with Crippen molar-refractivity contribution in [2.75, 3.05) is 50.6 Å². The molecule has 2 aromatic carbocycles. The van der Waals surface area contributed by atoms with E-state index in [4.69, 9.17) is 16.3 Å². The van der Waals surface area contributed by atoms with Gasteiger partial charge in [0.25, 0.3) is 5.91 Å². The van der Waals surface area contributed by atoms with E-state index in [0.717, 1.165) is 23.1 Å². The first kappa shape index (κ1) is 20.6. The van der Waals surface area contributed by atoms with E-state index in [2.05, 4.69) is 10.2 Å². The zero-order valence-electron chi connectivity index (χ0n) is 15.7. The highest BCUT2D eigenvalue weighted by Gasteiger charge is 2.18. The maximum Gasteiger partial charge on any atom is 0.255 e. The minimum absolute atomic E-state index is 0.131. The Labute approximate surface area is 169 Å². The Hall–Kier alpha value is -2.13. The van der Waals surface area contributed by atoms with Crippen molar-refractivity contribution in [3.8, 4) is 0 Å². The maximum atomic E-state index is 12.5. The van der Waals surface area contributed by atoms with E-state index in [-0.39, 0.29) is 10.8 Å². The number of sulfonamides is 1. The first-order chi connectivity index (χ1) is 13.3. The number of morpholine rings is 1. The molecule has 1 fully saturated rings. The van der Waals surface area contributed by atoms with Crippen LogP contribution < -0.4 is 10.2 Å². The molecule has 0 spiro atoms. The van der Waals surface area contributed by atoms with E-state index in [1.807, 2.05) is 6.07 Å². The van der Waals surface area contributed by atoms with Crippen LogP contribution >= 0.6 is 11.6 Å². The average molecular weight is 424 g/mol. The number of nitrogens with one attached hydrogen (secondary N) is 1. The molecule has 1 saturated heterocycles. The van der Waals surface area contributed by atoms with Gasteiger partial charge < -0.3 is 15.0 Å². The number of hydrogen-bond acceptors (Lipinski definition) is 5.